The van der Waals surface area contributed by atoms with Crippen LogP contribution < -0.4 is 0 Å². The molecular formula is C11H15ClO. The molecule has 1 atom stereocenters. The molecular weight excluding hydrogens is 184 g/mol. The van der Waals surface area contributed by atoms with Crippen LogP contribution in [0.2, 0.25) is 5.02 Å². The van der Waals surface area contributed by atoms with Crippen LogP contribution in [0.25, 0.3) is 0 Å². The van der Waals surface area contributed by atoms with Crippen molar-refractivity contribution in [1.29, 1.82) is 0 Å². The molecule has 1 rings (SSSR count). The molecule has 0 radical (unpaired) electrons. The number of benzene rings is 1. The van der Waals surface area contributed by atoms with Gasteiger partial charge in [-0.15, -0.1) is 0 Å². The maximum Gasteiger partial charge on any atom is 0.0578 e. The van der Waals surface area contributed by atoms with Gasteiger partial charge in [-0.2, -0.15) is 0 Å². The summed E-state index contributed by atoms with van der Waals surface area (Å²) < 4.78 is 0. The number of hydrogen-bond acceptors (Lipinski definition) is 1. The molecule has 0 bridgehead atoms. The summed E-state index contributed by atoms with van der Waals surface area (Å²) in [6.45, 7) is 4.01. The lowest BCUT2D eigenvalue weighted by Gasteiger charge is -2.10. The molecule has 2 heteroatoms. The van der Waals surface area contributed by atoms with Gasteiger partial charge in [-0.25, -0.2) is 0 Å². The van der Waals surface area contributed by atoms with Gasteiger partial charge in [0.05, 0.1) is 6.10 Å². The van der Waals surface area contributed by atoms with Crippen molar-refractivity contribution >= 4 is 11.6 Å². The second-order valence-corrected chi connectivity index (χ2v) is 3.77. The highest BCUT2D eigenvalue weighted by molar-refractivity contribution is 6.30. The highest BCUT2D eigenvalue weighted by Gasteiger charge is 2.05. The Labute approximate surface area is 84.4 Å². The van der Waals surface area contributed by atoms with Gasteiger partial charge in [-0.3, -0.25) is 0 Å². The van der Waals surface area contributed by atoms with Crippen LogP contribution >= 0.6 is 11.6 Å². The predicted molar refractivity (Wildman–Crippen MR) is 56.2 cm³/mol. The molecule has 0 amide bonds. The number of rotatable bonds is 3. The normalized spacial score (nSPS) is 12.9. The van der Waals surface area contributed by atoms with Crippen molar-refractivity contribution in [1.82, 2.24) is 0 Å². The van der Waals surface area contributed by atoms with Crippen molar-refractivity contribution in [3.8, 4) is 0 Å². The molecule has 0 unspecified atom stereocenters. The van der Waals surface area contributed by atoms with E-state index < -0.39 is 0 Å². The molecule has 0 fully saturated rings. The number of aliphatic hydroxyl groups is 1. The van der Waals surface area contributed by atoms with Gasteiger partial charge in [0.15, 0.2) is 0 Å². The average molecular weight is 199 g/mol. The average Bonchev–Trinajstić information content (AvgIpc) is 2.11. The third kappa shape index (κ3) is 3.02. The molecule has 72 valence electrons. The number of aliphatic hydroxyl groups excluding tert-OH is 1. The van der Waals surface area contributed by atoms with Gasteiger partial charge in [-0.1, -0.05) is 24.6 Å². The maximum absolute atomic E-state index is 9.48. The highest BCUT2D eigenvalue weighted by atomic mass is 35.5. The zero-order valence-electron chi connectivity index (χ0n) is 8.05. The molecule has 0 aliphatic rings. The van der Waals surface area contributed by atoms with E-state index in [2.05, 4.69) is 0 Å². The Morgan fingerprint density at radius 2 is 2.15 bits per heavy atom. The first-order valence-corrected chi connectivity index (χ1v) is 4.94. The zero-order valence-corrected chi connectivity index (χ0v) is 8.80. The van der Waals surface area contributed by atoms with Crippen LogP contribution in [-0.2, 0) is 6.42 Å². The van der Waals surface area contributed by atoms with Gasteiger partial charge in [0, 0.05) is 5.02 Å². The third-order valence-corrected chi connectivity index (χ3v) is 2.47. The van der Waals surface area contributed by atoms with E-state index in [0.29, 0.717) is 6.42 Å². The van der Waals surface area contributed by atoms with E-state index in [0.717, 1.165) is 17.0 Å². The van der Waals surface area contributed by atoms with Crippen molar-refractivity contribution in [2.45, 2.75) is 32.8 Å². The monoisotopic (exact) mass is 198 g/mol. The number of aryl methyl sites for hydroxylation is 1. The van der Waals surface area contributed by atoms with Gasteiger partial charge in [0.25, 0.3) is 0 Å². The molecule has 13 heavy (non-hydrogen) atoms. The second kappa shape index (κ2) is 4.64. The van der Waals surface area contributed by atoms with Crippen molar-refractivity contribution in [2.75, 3.05) is 0 Å². The Balaban J connectivity index is 2.81. The molecule has 0 aromatic heterocycles. The molecule has 0 saturated carbocycles. The van der Waals surface area contributed by atoms with Crippen LogP contribution in [0.4, 0.5) is 0 Å². The third-order valence-electron chi connectivity index (χ3n) is 2.24. The Hall–Kier alpha value is -0.530. The summed E-state index contributed by atoms with van der Waals surface area (Å²) in [6.07, 6.45) is 1.23. The van der Waals surface area contributed by atoms with Crippen molar-refractivity contribution in [2.24, 2.45) is 0 Å². The van der Waals surface area contributed by atoms with Gasteiger partial charge in [0.1, 0.15) is 0 Å². The van der Waals surface area contributed by atoms with E-state index in [9.17, 15) is 5.11 Å². The lowest BCUT2D eigenvalue weighted by Crippen LogP contribution is -2.09. The standard InChI is InChI=1S/C11H15ClO/c1-3-11(13)7-9-6-10(12)5-4-8(9)2/h4-6,11,13H,3,7H2,1-2H3/t11-/m1/s1. The van der Waals surface area contributed by atoms with E-state index >= 15 is 0 Å². The Bertz CT molecular complexity index is 283. The first-order chi connectivity index (χ1) is 6.13. The van der Waals surface area contributed by atoms with E-state index in [-0.39, 0.29) is 6.10 Å². The van der Waals surface area contributed by atoms with Crippen LogP contribution in [0.5, 0.6) is 0 Å². The van der Waals surface area contributed by atoms with Gasteiger partial charge < -0.3 is 5.11 Å². The fourth-order valence-electron chi connectivity index (χ4n) is 1.26. The Morgan fingerprint density at radius 3 is 2.77 bits per heavy atom. The minimum absolute atomic E-state index is 0.253. The summed E-state index contributed by atoms with van der Waals surface area (Å²) in [4.78, 5) is 0. The highest BCUT2D eigenvalue weighted by Crippen LogP contribution is 2.17. The van der Waals surface area contributed by atoms with E-state index in [4.69, 9.17) is 11.6 Å². The minimum Gasteiger partial charge on any atom is -0.393 e. The Kier molecular flexibility index (Phi) is 3.76. The SMILES string of the molecule is CC[C@@H](O)Cc1cc(Cl)ccc1C. The van der Waals surface area contributed by atoms with Crippen LogP contribution in [0.3, 0.4) is 0 Å². The lowest BCUT2D eigenvalue weighted by molar-refractivity contribution is 0.170. The molecule has 1 nitrogen and oxygen atoms in total. The van der Waals surface area contributed by atoms with Gasteiger partial charge >= 0.3 is 0 Å². The van der Waals surface area contributed by atoms with E-state index in [1.54, 1.807) is 0 Å². The molecule has 1 aromatic rings. The molecule has 0 spiro atoms. The van der Waals surface area contributed by atoms with Crippen molar-refractivity contribution < 1.29 is 5.11 Å². The van der Waals surface area contributed by atoms with Crippen molar-refractivity contribution in [3.63, 3.8) is 0 Å². The van der Waals surface area contributed by atoms with Gasteiger partial charge in [-0.05, 0) is 43.0 Å². The summed E-state index contributed by atoms with van der Waals surface area (Å²) >= 11 is 5.86. The lowest BCUT2D eigenvalue weighted by atomic mass is 10.0. The fraction of sp³-hybridized carbons (Fsp3) is 0.455. The summed E-state index contributed by atoms with van der Waals surface area (Å²) in [7, 11) is 0. The molecule has 0 saturated heterocycles. The van der Waals surface area contributed by atoms with Crippen LogP contribution in [0.15, 0.2) is 18.2 Å². The topological polar surface area (TPSA) is 20.2 Å². The number of halogens is 1. The Morgan fingerprint density at radius 1 is 1.46 bits per heavy atom. The molecule has 0 heterocycles. The summed E-state index contributed by atoms with van der Waals surface area (Å²) in [6, 6.07) is 5.79. The second-order valence-electron chi connectivity index (χ2n) is 3.34. The van der Waals surface area contributed by atoms with Crippen molar-refractivity contribution in [3.05, 3.63) is 34.3 Å². The zero-order chi connectivity index (χ0) is 9.84. The molecule has 0 aliphatic carbocycles. The van der Waals surface area contributed by atoms with Gasteiger partial charge in [0.2, 0.25) is 0 Å². The molecule has 0 aliphatic heterocycles. The maximum atomic E-state index is 9.48. The fourth-order valence-corrected chi connectivity index (χ4v) is 1.45. The first-order valence-electron chi connectivity index (χ1n) is 4.56. The van der Waals surface area contributed by atoms with Crippen LogP contribution in [0, 0.1) is 6.92 Å². The predicted octanol–water partition coefficient (Wildman–Crippen LogP) is 2.96. The number of hydrogen-bond donors (Lipinski definition) is 1. The summed E-state index contributed by atoms with van der Waals surface area (Å²) in [5.74, 6) is 0. The quantitative estimate of drug-likeness (QED) is 0.792. The summed E-state index contributed by atoms with van der Waals surface area (Å²) in [5.41, 5.74) is 2.33. The summed E-state index contributed by atoms with van der Waals surface area (Å²) in [5, 5.41) is 10.2. The van der Waals surface area contributed by atoms with E-state index in [1.807, 2.05) is 32.0 Å². The van der Waals surface area contributed by atoms with E-state index in [1.165, 1.54) is 5.56 Å². The molecule has 1 aromatic carbocycles. The van der Waals surface area contributed by atoms with Crippen LogP contribution in [-0.4, -0.2) is 11.2 Å². The minimum atomic E-state index is -0.253. The smallest absolute Gasteiger partial charge is 0.0578 e. The molecule has 1 N–H and O–H groups in total. The largest absolute Gasteiger partial charge is 0.393 e. The first kappa shape index (κ1) is 10.6. The van der Waals surface area contributed by atoms with Crippen LogP contribution in [0.1, 0.15) is 24.5 Å².